The zero-order valence-electron chi connectivity index (χ0n) is 7.72. The third-order valence-corrected chi connectivity index (χ3v) is 2.05. The lowest BCUT2D eigenvalue weighted by Gasteiger charge is -2.21. The van der Waals surface area contributed by atoms with Crippen LogP contribution in [0.5, 0.6) is 0 Å². The highest BCUT2D eigenvalue weighted by Gasteiger charge is 2.36. The van der Waals surface area contributed by atoms with Gasteiger partial charge in [0, 0.05) is 17.2 Å². The molecule has 2 N–H and O–H groups in total. The average molecular weight is 185 g/mol. The van der Waals surface area contributed by atoms with Crippen molar-refractivity contribution < 1.29 is 8.78 Å². The van der Waals surface area contributed by atoms with Crippen molar-refractivity contribution in [2.75, 3.05) is 5.73 Å². The molecule has 1 rings (SSSR count). The van der Waals surface area contributed by atoms with Crippen LogP contribution in [0.2, 0.25) is 0 Å². The summed E-state index contributed by atoms with van der Waals surface area (Å²) in [6.45, 7) is 2.96. The first-order valence-corrected chi connectivity index (χ1v) is 4.19. The van der Waals surface area contributed by atoms with Gasteiger partial charge in [0.25, 0.3) is 5.92 Å². The van der Waals surface area contributed by atoms with Crippen LogP contribution < -0.4 is 5.73 Å². The van der Waals surface area contributed by atoms with Crippen LogP contribution in [0.25, 0.3) is 0 Å². The van der Waals surface area contributed by atoms with E-state index < -0.39 is 11.8 Å². The number of anilines is 1. The first-order valence-electron chi connectivity index (χ1n) is 4.19. The van der Waals surface area contributed by atoms with E-state index in [-0.39, 0.29) is 11.3 Å². The highest BCUT2D eigenvalue weighted by Crippen LogP contribution is 2.38. The van der Waals surface area contributed by atoms with Gasteiger partial charge >= 0.3 is 0 Å². The molecule has 0 heterocycles. The summed E-state index contributed by atoms with van der Waals surface area (Å²) in [5, 5.41) is 0. The number of para-hydroxylation sites is 1. The fourth-order valence-electron chi connectivity index (χ4n) is 1.11. The van der Waals surface area contributed by atoms with Gasteiger partial charge in [0.15, 0.2) is 0 Å². The van der Waals surface area contributed by atoms with Gasteiger partial charge in [-0.15, -0.1) is 0 Å². The van der Waals surface area contributed by atoms with E-state index in [1.807, 2.05) is 0 Å². The zero-order valence-corrected chi connectivity index (χ0v) is 7.72. The van der Waals surface area contributed by atoms with Crippen LogP contribution in [0, 0.1) is 5.92 Å². The van der Waals surface area contributed by atoms with Crippen LogP contribution >= 0.6 is 0 Å². The Morgan fingerprint density at radius 2 is 1.77 bits per heavy atom. The Hall–Kier alpha value is -1.12. The summed E-state index contributed by atoms with van der Waals surface area (Å²) in [6.07, 6.45) is 0. The summed E-state index contributed by atoms with van der Waals surface area (Å²) in [5.74, 6) is -3.58. The van der Waals surface area contributed by atoms with Gasteiger partial charge in [0.05, 0.1) is 0 Å². The maximum atomic E-state index is 13.5. The molecule has 0 aromatic heterocycles. The molecule has 0 radical (unpaired) electrons. The van der Waals surface area contributed by atoms with E-state index in [0.717, 1.165) is 0 Å². The fourth-order valence-corrected chi connectivity index (χ4v) is 1.11. The van der Waals surface area contributed by atoms with E-state index >= 15 is 0 Å². The molecule has 0 aliphatic heterocycles. The maximum absolute atomic E-state index is 13.5. The number of nitrogen functional groups attached to an aromatic ring is 1. The molecule has 0 bridgehead atoms. The predicted molar refractivity (Wildman–Crippen MR) is 49.6 cm³/mol. The molecule has 0 amide bonds. The minimum absolute atomic E-state index is 0.0787. The summed E-state index contributed by atoms with van der Waals surface area (Å²) in [7, 11) is 0. The molecule has 0 spiro atoms. The van der Waals surface area contributed by atoms with Crippen LogP contribution in [-0.4, -0.2) is 0 Å². The van der Waals surface area contributed by atoms with Crippen molar-refractivity contribution >= 4 is 5.69 Å². The minimum atomic E-state index is -2.84. The van der Waals surface area contributed by atoms with Crippen LogP contribution in [0.3, 0.4) is 0 Å². The fraction of sp³-hybridized carbons (Fsp3) is 0.400. The van der Waals surface area contributed by atoms with Crippen LogP contribution in [-0.2, 0) is 5.92 Å². The smallest absolute Gasteiger partial charge is 0.277 e. The van der Waals surface area contributed by atoms with Crippen molar-refractivity contribution in [1.82, 2.24) is 0 Å². The van der Waals surface area contributed by atoms with Crippen LogP contribution in [0.4, 0.5) is 14.5 Å². The molecule has 0 atom stereocenters. The third-order valence-electron chi connectivity index (χ3n) is 2.05. The Morgan fingerprint density at radius 1 is 1.23 bits per heavy atom. The van der Waals surface area contributed by atoms with Crippen molar-refractivity contribution in [3.05, 3.63) is 29.8 Å². The number of alkyl halides is 2. The molecule has 0 saturated carbocycles. The lowest BCUT2D eigenvalue weighted by Crippen LogP contribution is -2.22. The molecule has 1 nitrogen and oxygen atoms in total. The first kappa shape index (κ1) is 9.96. The average Bonchev–Trinajstić information content (AvgIpc) is 2.04. The Bertz CT molecular complexity index is 295. The maximum Gasteiger partial charge on any atom is 0.277 e. The molecule has 0 aliphatic carbocycles. The summed E-state index contributed by atoms with van der Waals surface area (Å²) in [4.78, 5) is 0. The number of benzene rings is 1. The van der Waals surface area contributed by atoms with E-state index in [2.05, 4.69) is 0 Å². The quantitative estimate of drug-likeness (QED) is 0.704. The second-order valence-electron chi connectivity index (χ2n) is 3.36. The molecule has 0 aliphatic rings. The summed E-state index contributed by atoms with van der Waals surface area (Å²) >= 11 is 0. The Kier molecular flexibility index (Phi) is 2.55. The summed E-state index contributed by atoms with van der Waals surface area (Å²) < 4.78 is 26.9. The van der Waals surface area contributed by atoms with Gasteiger partial charge in [-0.05, 0) is 6.07 Å². The molecule has 0 saturated heterocycles. The molecule has 13 heavy (non-hydrogen) atoms. The Labute approximate surface area is 76.6 Å². The van der Waals surface area contributed by atoms with E-state index in [9.17, 15) is 8.78 Å². The molecule has 0 unspecified atom stereocenters. The van der Waals surface area contributed by atoms with Gasteiger partial charge in [0.1, 0.15) is 0 Å². The number of rotatable bonds is 2. The molecule has 72 valence electrons. The van der Waals surface area contributed by atoms with Crippen molar-refractivity contribution in [3.8, 4) is 0 Å². The normalized spacial score (nSPS) is 12.1. The van der Waals surface area contributed by atoms with Crippen molar-refractivity contribution in [2.24, 2.45) is 5.92 Å². The Morgan fingerprint density at radius 3 is 2.23 bits per heavy atom. The lowest BCUT2D eigenvalue weighted by molar-refractivity contribution is -0.0506. The SMILES string of the molecule is CC(C)C(F)(F)c1ccccc1N. The van der Waals surface area contributed by atoms with Gasteiger partial charge in [-0.25, -0.2) is 8.78 Å². The zero-order chi connectivity index (χ0) is 10.1. The largest absolute Gasteiger partial charge is 0.398 e. The predicted octanol–water partition coefficient (Wildman–Crippen LogP) is 3.02. The van der Waals surface area contributed by atoms with Gasteiger partial charge in [-0.2, -0.15) is 0 Å². The molecule has 1 aromatic carbocycles. The van der Waals surface area contributed by atoms with Crippen molar-refractivity contribution in [3.63, 3.8) is 0 Å². The standard InChI is InChI=1S/C10H13F2N/c1-7(2)10(11,12)8-5-3-4-6-9(8)13/h3-7H,13H2,1-2H3. The van der Waals surface area contributed by atoms with E-state index in [1.54, 1.807) is 12.1 Å². The van der Waals surface area contributed by atoms with Crippen molar-refractivity contribution in [1.29, 1.82) is 0 Å². The number of halogens is 2. The Balaban J connectivity index is 3.14. The van der Waals surface area contributed by atoms with E-state index in [1.165, 1.54) is 26.0 Å². The lowest BCUT2D eigenvalue weighted by atomic mass is 9.96. The van der Waals surface area contributed by atoms with Crippen LogP contribution in [0.1, 0.15) is 19.4 Å². The topological polar surface area (TPSA) is 26.0 Å². The van der Waals surface area contributed by atoms with Gasteiger partial charge in [-0.1, -0.05) is 32.0 Å². The van der Waals surface area contributed by atoms with Gasteiger partial charge in [-0.3, -0.25) is 0 Å². The second kappa shape index (κ2) is 3.32. The van der Waals surface area contributed by atoms with Gasteiger partial charge in [0.2, 0.25) is 0 Å². The number of hydrogen-bond donors (Lipinski definition) is 1. The van der Waals surface area contributed by atoms with E-state index in [0.29, 0.717) is 0 Å². The highest BCUT2D eigenvalue weighted by atomic mass is 19.3. The molecule has 3 heteroatoms. The molecule has 1 aromatic rings. The number of nitrogens with two attached hydrogens (primary N) is 1. The monoisotopic (exact) mass is 185 g/mol. The third kappa shape index (κ3) is 1.79. The second-order valence-corrected chi connectivity index (χ2v) is 3.36. The van der Waals surface area contributed by atoms with Gasteiger partial charge < -0.3 is 5.73 Å². The number of hydrogen-bond acceptors (Lipinski definition) is 1. The molecule has 0 fully saturated rings. The van der Waals surface area contributed by atoms with Crippen molar-refractivity contribution in [2.45, 2.75) is 19.8 Å². The molecular formula is C10H13F2N. The summed E-state index contributed by atoms with van der Waals surface area (Å²) in [5.41, 5.74) is 5.54. The first-order chi connectivity index (χ1) is 5.96. The summed E-state index contributed by atoms with van der Waals surface area (Å²) in [6, 6.07) is 6.08. The highest BCUT2D eigenvalue weighted by molar-refractivity contribution is 5.48. The van der Waals surface area contributed by atoms with Crippen LogP contribution in [0.15, 0.2) is 24.3 Å². The molecular weight excluding hydrogens is 172 g/mol. The van der Waals surface area contributed by atoms with E-state index in [4.69, 9.17) is 5.73 Å². The minimum Gasteiger partial charge on any atom is -0.398 e.